The number of carbonyl (C=O) groups is 1. The summed E-state index contributed by atoms with van der Waals surface area (Å²) >= 11 is 0. The summed E-state index contributed by atoms with van der Waals surface area (Å²) in [6, 6.07) is 10.1. The van der Waals surface area contributed by atoms with Gasteiger partial charge in [0.1, 0.15) is 5.78 Å². The molecule has 0 radical (unpaired) electrons. The quantitative estimate of drug-likeness (QED) is 0.440. The van der Waals surface area contributed by atoms with Crippen LogP contribution in [0.4, 0.5) is 0 Å². The second-order valence-electron chi connectivity index (χ2n) is 11.4. The molecule has 0 spiro atoms. The van der Waals surface area contributed by atoms with Gasteiger partial charge in [-0.2, -0.15) is 0 Å². The van der Waals surface area contributed by atoms with E-state index in [1.165, 1.54) is 24.8 Å². The molecule has 6 heteroatoms. The van der Waals surface area contributed by atoms with E-state index < -0.39 is 0 Å². The Labute approximate surface area is 190 Å². The zero-order chi connectivity index (χ0) is 21.8. The zero-order valence-electron chi connectivity index (χ0n) is 19.2. The van der Waals surface area contributed by atoms with Crippen molar-refractivity contribution in [2.24, 2.45) is 23.2 Å². The van der Waals surface area contributed by atoms with E-state index in [0.717, 1.165) is 24.7 Å². The van der Waals surface area contributed by atoms with Crippen molar-refractivity contribution in [1.29, 1.82) is 0 Å². The lowest BCUT2D eigenvalue weighted by atomic mass is 9.43. The SMILES string of the molecule is CC1(C)[C@@H]2C[C@H]3OB([C@@H](CC(=O)C(Cc4ccccc4)NP)CC4CC4)O[C@@]3(C)[C@H]1C2. The predicted molar refractivity (Wildman–Crippen MR) is 128 cm³/mol. The molecule has 4 nitrogen and oxygen atoms in total. The van der Waals surface area contributed by atoms with Gasteiger partial charge in [0.15, 0.2) is 0 Å². The number of Topliss-reactive ketones (excluding diaryl/α,β-unsaturated/α-hetero) is 1. The average molecular weight is 441 g/mol. The minimum atomic E-state index is -0.239. The van der Waals surface area contributed by atoms with Crippen LogP contribution in [0.5, 0.6) is 0 Å². The van der Waals surface area contributed by atoms with Crippen molar-refractivity contribution in [3.8, 4) is 0 Å². The van der Waals surface area contributed by atoms with Crippen LogP contribution in [0.2, 0.25) is 5.82 Å². The van der Waals surface area contributed by atoms with Gasteiger partial charge in [-0.15, -0.1) is 0 Å². The van der Waals surface area contributed by atoms with Gasteiger partial charge in [-0.1, -0.05) is 66.4 Å². The summed E-state index contributed by atoms with van der Waals surface area (Å²) < 4.78 is 13.3. The highest BCUT2D eigenvalue weighted by Crippen LogP contribution is 2.66. The van der Waals surface area contributed by atoms with E-state index in [1.807, 2.05) is 18.2 Å². The highest BCUT2D eigenvalue weighted by atomic mass is 31.0. The van der Waals surface area contributed by atoms with E-state index in [0.29, 0.717) is 24.2 Å². The molecular weight excluding hydrogens is 404 g/mol. The molecular formula is C25H37BNO3P. The van der Waals surface area contributed by atoms with Gasteiger partial charge in [0.25, 0.3) is 0 Å². The molecule has 1 heterocycles. The lowest BCUT2D eigenvalue weighted by Gasteiger charge is -2.64. The second-order valence-corrected chi connectivity index (χ2v) is 11.7. The summed E-state index contributed by atoms with van der Waals surface area (Å²) in [7, 11) is 2.31. The minimum absolute atomic E-state index is 0.152. The topological polar surface area (TPSA) is 47.6 Å². The van der Waals surface area contributed by atoms with Gasteiger partial charge in [0.2, 0.25) is 0 Å². The summed E-state index contributed by atoms with van der Waals surface area (Å²) in [5.41, 5.74) is 1.33. The van der Waals surface area contributed by atoms with Gasteiger partial charge in [-0.05, 0) is 61.3 Å². The number of benzene rings is 1. The van der Waals surface area contributed by atoms with Crippen molar-refractivity contribution in [3.05, 3.63) is 35.9 Å². The Morgan fingerprint density at radius 1 is 1.23 bits per heavy atom. The predicted octanol–water partition coefficient (Wildman–Crippen LogP) is 4.84. The van der Waals surface area contributed by atoms with Crippen LogP contribution in [0, 0.1) is 23.2 Å². The maximum absolute atomic E-state index is 13.3. The van der Waals surface area contributed by atoms with Crippen LogP contribution in [0.3, 0.4) is 0 Å². The van der Waals surface area contributed by atoms with Crippen molar-refractivity contribution in [2.45, 2.75) is 89.3 Å². The van der Waals surface area contributed by atoms with Crippen LogP contribution in [0.15, 0.2) is 30.3 Å². The molecule has 1 N–H and O–H groups in total. The summed E-state index contributed by atoms with van der Waals surface area (Å²) in [5.74, 6) is 2.46. The average Bonchev–Trinajstić information content (AvgIpc) is 3.49. The third-order valence-electron chi connectivity index (χ3n) is 9.02. The van der Waals surface area contributed by atoms with Crippen LogP contribution < -0.4 is 5.09 Å². The molecule has 0 amide bonds. The van der Waals surface area contributed by atoms with Gasteiger partial charge < -0.3 is 9.31 Å². The molecule has 7 atom stereocenters. The number of ketones is 1. The molecule has 2 bridgehead atoms. The first-order chi connectivity index (χ1) is 14.8. The van der Waals surface area contributed by atoms with Gasteiger partial charge in [-0.25, -0.2) is 0 Å². The standard InChI is InChI=1S/C25H37BNO3P/c1-24(2)18-13-22(24)25(3)23(14-18)29-26(30-25)19(11-17-9-10-17)15-21(28)20(27-31)12-16-7-5-4-6-8-16/h4-8,17-20,22-23,27H,9-15,31H2,1-3H3/t18-,19+,20?,22-,23+,25-/m0/s1. The fourth-order valence-electron chi connectivity index (χ4n) is 6.69. The first-order valence-corrected chi connectivity index (χ1v) is 12.7. The summed E-state index contributed by atoms with van der Waals surface area (Å²) in [6.07, 6.45) is 7.40. The first-order valence-electron chi connectivity index (χ1n) is 12.2. The van der Waals surface area contributed by atoms with Crippen molar-refractivity contribution in [3.63, 3.8) is 0 Å². The zero-order valence-corrected chi connectivity index (χ0v) is 20.3. The third kappa shape index (κ3) is 4.05. The fourth-order valence-corrected chi connectivity index (χ4v) is 6.99. The molecule has 6 rings (SSSR count). The molecule has 4 aliphatic carbocycles. The van der Waals surface area contributed by atoms with E-state index in [4.69, 9.17) is 9.31 Å². The second kappa shape index (κ2) is 8.24. The van der Waals surface area contributed by atoms with Crippen LogP contribution in [0.25, 0.3) is 0 Å². The Kier molecular flexibility index (Phi) is 5.87. The Balaban J connectivity index is 1.28. The first kappa shape index (κ1) is 22.1. The molecule has 31 heavy (non-hydrogen) atoms. The van der Waals surface area contributed by atoms with Gasteiger partial charge in [-0.3, -0.25) is 9.88 Å². The van der Waals surface area contributed by atoms with Gasteiger partial charge >= 0.3 is 7.12 Å². The van der Waals surface area contributed by atoms with Crippen molar-refractivity contribution in [2.75, 3.05) is 0 Å². The molecule has 0 aromatic heterocycles. The molecule has 2 unspecified atom stereocenters. The fraction of sp³-hybridized carbons (Fsp3) is 0.720. The Hall–Kier alpha value is -0.735. The Morgan fingerprint density at radius 3 is 2.61 bits per heavy atom. The van der Waals surface area contributed by atoms with E-state index in [9.17, 15) is 4.79 Å². The summed E-state index contributed by atoms with van der Waals surface area (Å²) in [4.78, 5) is 13.3. The van der Waals surface area contributed by atoms with E-state index in [-0.39, 0.29) is 36.5 Å². The summed E-state index contributed by atoms with van der Waals surface area (Å²) in [6.45, 7) is 7.07. The molecule has 1 aromatic carbocycles. The van der Waals surface area contributed by atoms with Crippen LogP contribution in [-0.4, -0.2) is 30.6 Å². The minimum Gasteiger partial charge on any atom is -0.405 e. The number of hydrogen-bond donors (Lipinski definition) is 1. The van der Waals surface area contributed by atoms with Crippen LogP contribution in [0.1, 0.15) is 64.9 Å². The normalized spacial score (nSPS) is 35.2. The molecule has 5 aliphatic rings. The third-order valence-corrected chi connectivity index (χ3v) is 9.42. The highest BCUT2D eigenvalue weighted by molar-refractivity contribution is 7.13. The lowest BCUT2D eigenvalue weighted by molar-refractivity contribution is -0.199. The molecule has 1 aliphatic heterocycles. The van der Waals surface area contributed by atoms with E-state index in [1.54, 1.807) is 0 Å². The molecule has 1 saturated heterocycles. The van der Waals surface area contributed by atoms with Crippen molar-refractivity contribution in [1.82, 2.24) is 5.09 Å². The van der Waals surface area contributed by atoms with E-state index >= 15 is 0 Å². The van der Waals surface area contributed by atoms with E-state index in [2.05, 4.69) is 47.4 Å². The molecule has 1 aromatic rings. The Bertz CT molecular complexity index is 816. The number of rotatable bonds is 9. The molecule has 4 saturated carbocycles. The molecule has 168 valence electrons. The summed E-state index contributed by atoms with van der Waals surface area (Å²) in [5, 5.41) is 3.18. The largest absolute Gasteiger partial charge is 0.461 e. The molecule has 5 fully saturated rings. The lowest BCUT2D eigenvalue weighted by Crippen LogP contribution is -2.65. The maximum Gasteiger partial charge on any atom is 0.461 e. The number of carbonyl (C=O) groups excluding carboxylic acids is 1. The van der Waals surface area contributed by atoms with Crippen molar-refractivity contribution < 1.29 is 14.1 Å². The monoisotopic (exact) mass is 441 g/mol. The van der Waals surface area contributed by atoms with Gasteiger partial charge in [0, 0.05) is 12.2 Å². The van der Waals surface area contributed by atoms with Gasteiger partial charge in [0.05, 0.1) is 17.7 Å². The van der Waals surface area contributed by atoms with Crippen LogP contribution >= 0.6 is 9.39 Å². The number of nitrogens with one attached hydrogen (secondary N) is 1. The van der Waals surface area contributed by atoms with Crippen LogP contribution in [-0.2, 0) is 20.5 Å². The number of hydrogen-bond acceptors (Lipinski definition) is 4. The van der Waals surface area contributed by atoms with Crippen molar-refractivity contribution >= 4 is 22.3 Å². The smallest absolute Gasteiger partial charge is 0.405 e. The highest BCUT2D eigenvalue weighted by Gasteiger charge is 2.68. The Morgan fingerprint density at radius 2 is 1.97 bits per heavy atom. The maximum atomic E-state index is 13.3.